The molecule has 5 nitrogen and oxygen atoms in total. The molecule has 0 amide bonds. The summed E-state index contributed by atoms with van der Waals surface area (Å²) < 4.78 is 10.9. The Morgan fingerprint density at radius 2 is 1.95 bits per heavy atom. The average molecular weight is 310 g/mol. The summed E-state index contributed by atoms with van der Waals surface area (Å²) in [5.74, 6) is 1.34. The van der Waals surface area contributed by atoms with Crippen LogP contribution in [0.4, 0.5) is 0 Å². The van der Waals surface area contributed by atoms with Crippen LogP contribution in [0.5, 0.6) is 0 Å². The molecule has 0 bridgehead atoms. The number of nitrogens with one attached hydrogen (secondary N) is 1. The van der Waals surface area contributed by atoms with Gasteiger partial charge in [0, 0.05) is 12.7 Å². The van der Waals surface area contributed by atoms with Crippen LogP contribution in [-0.2, 0) is 10.2 Å². The van der Waals surface area contributed by atoms with Gasteiger partial charge in [0.2, 0.25) is 11.7 Å². The molecule has 1 fully saturated rings. The summed E-state index contributed by atoms with van der Waals surface area (Å²) in [5.41, 5.74) is 0.823. The summed E-state index contributed by atoms with van der Waals surface area (Å²) in [6, 6.07) is 9.89. The molecule has 0 atom stereocenters. The van der Waals surface area contributed by atoms with Gasteiger partial charge in [-0.25, -0.2) is 0 Å². The first-order chi connectivity index (χ1) is 9.84. The number of rotatable bonds is 4. The molecule has 1 aromatic heterocycles. The van der Waals surface area contributed by atoms with Crippen LogP contribution in [0.1, 0.15) is 18.7 Å². The Morgan fingerprint density at radius 3 is 2.62 bits per heavy atom. The van der Waals surface area contributed by atoms with Crippen LogP contribution in [0.25, 0.3) is 11.4 Å². The maximum Gasteiger partial charge on any atom is 0.235 e. The van der Waals surface area contributed by atoms with Crippen LogP contribution in [-0.4, -0.2) is 36.9 Å². The first-order valence-electron chi connectivity index (χ1n) is 6.93. The Kier molecular flexibility index (Phi) is 5.33. The SMILES string of the molecule is COCC1(c2nc(-c3ccccc3)no2)CCNCC1.Cl. The normalized spacial score (nSPS) is 17.2. The zero-order valence-electron chi connectivity index (χ0n) is 12.0. The van der Waals surface area contributed by atoms with Crippen molar-refractivity contribution in [2.75, 3.05) is 26.8 Å². The van der Waals surface area contributed by atoms with Crippen molar-refractivity contribution in [2.24, 2.45) is 0 Å². The molecule has 21 heavy (non-hydrogen) atoms. The van der Waals surface area contributed by atoms with Crippen molar-refractivity contribution in [2.45, 2.75) is 18.3 Å². The minimum Gasteiger partial charge on any atom is -0.384 e. The van der Waals surface area contributed by atoms with E-state index in [0.29, 0.717) is 18.3 Å². The van der Waals surface area contributed by atoms with Gasteiger partial charge in [-0.15, -0.1) is 12.4 Å². The smallest absolute Gasteiger partial charge is 0.235 e. The number of aromatic nitrogens is 2. The molecule has 0 aliphatic carbocycles. The Labute approximate surface area is 130 Å². The highest BCUT2D eigenvalue weighted by Crippen LogP contribution is 2.33. The quantitative estimate of drug-likeness (QED) is 0.940. The van der Waals surface area contributed by atoms with Crippen molar-refractivity contribution >= 4 is 12.4 Å². The van der Waals surface area contributed by atoms with Gasteiger partial charge >= 0.3 is 0 Å². The number of piperidine rings is 1. The number of ether oxygens (including phenoxy) is 1. The van der Waals surface area contributed by atoms with Crippen molar-refractivity contribution < 1.29 is 9.26 Å². The zero-order chi connectivity index (χ0) is 13.8. The lowest BCUT2D eigenvalue weighted by atomic mass is 9.79. The number of methoxy groups -OCH3 is 1. The van der Waals surface area contributed by atoms with Crippen LogP contribution in [0, 0.1) is 0 Å². The zero-order valence-corrected chi connectivity index (χ0v) is 12.9. The average Bonchev–Trinajstić information content (AvgIpc) is 3.00. The van der Waals surface area contributed by atoms with Crippen molar-refractivity contribution in [3.63, 3.8) is 0 Å². The van der Waals surface area contributed by atoms with Gasteiger partial charge in [-0.05, 0) is 25.9 Å². The first-order valence-corrected chi connectivity index (χ1v) is 6.93. The Balaban J connectivity index is 0.00000161. The molecule has 3 rings (SSSR count). The monoisotopic (exact) mass is 309 g/mol. The van der Waals surface area contributed by atoms with E-state index in [2.05, 4.69) is 15.5 Å². The molecule has 1 saturated heterocycles. The van der Waals surface area contributed by atoms with Gasteiger partial charge in [0.05, 0.1) is 12.0 Å². The maximum atomic E-state index is 5.55. The van der Waals surface area contributed by atoms with Gasteiger partial charge in [-0.1, -0.05) is 35.5 Å². The van der Waals surface area contributed by atoms with Gasteiger partial charge in [0.15, 0.2) is 0 Å². The molecule has 2 aromatic rings. The Hall–Kier alpha value is -1.43. The molecule has 114 valence electrons. The van der Waals surface area contributed by atoms with Gasteiger partial charge in [-0.2, -0.15) is 4.98 Å². The van der Waals surface area contributed by atoms with E-state index >= 15 is 0 Å². The number of benzene rings is 1. The lowest BCUT2D eigenvalue weighted by Crippen LogP contribution is -2.43. The minimum atomic E-state index is -0.153. The van der Waals surface area contributed by atoms with E-state index < -0.39 is 0 Å². The number of nitrogens with zero attached hydrogens (tertiary/aromatic N) is 2. The predicted molar refractivity (Wildman–Crippen MR) is 82.6 cm³/mol. The van der Waals surface area contributed by atoms with E-state index in [1.165, 1.54) is 0 Å². The fourth-order valence-electron chi connectivity index (χ4n) is 2.74. The minimum absolute atomic E-state index is 0. The molecule has 1 aliphatic rings. The van der Waals surface area contributed by atoms with E-state index in [1.807, 2.05) is 30.3 Å². The highest BCUT2D eigenvalue weighted by atomic mass is 35.5. The van der Waals surface area contributed by atoms with Crippen LogP contribution in [0.3, 0.4) is 0 Å². The van der Waals surface area contributed by atoms with E-state index in [4.69, 9.17) is 9.26 Å². The van der Waals surface area contributed by atoms with E-state index in [9.17, 15) is 0 Å². The fourth-order valence-corrected chi connectivity index (χ4v) is 2.74. The summed E-state index contributed by atoms with van der Waals surface area (Å²) in [4.78, 5) is 4.61. The van der Waals surface area contributed by atoms with Crippen LogP contribution in [0.15, 0.2) is 34.9 Å². The standard InChI is InChI=1S/C15H19N3O2.ClH/c1-19-11-15(7-9-16-10-8-15)14-17-13(18-20-14)12-5-3-2-4-6-12;/h2-6,16H,7-11H2,1H3;1H. The molecule has 6 heteroatoms. The highest BCUT2D eigenvalue weighted by molar-refractivity contribution is 5.85. The van der Waals surface area contributed by atoms with Gasteiger partial charge in [0.1, 0.15) is 0 Å². The van der Waals surface area contributed by atoms with E-state index in [-0.39, 0.29) is 17.8 Å². The third kappa shape index (κ3) is 3.26. The molecule has 1 N–H and O–H groups in total. The largest absolute Gasteiger partial charge is 0.384 e. The number of hydrogen-bond donors (Lipinski definition) is 1. The Morgan fingerprint density at radius 1 is 1.24 bits per heavy atom. The second-order valence-electron chi connectivity index (χ2n) is 5.25. The topological polar surface area (TPSA) is 60.2 Å². The molecule has 0 spiro atoms. The Bertz CT molecular complexity index is 548. The van der Waals surface area contributed by atoms with Crippen molar-refractivity contribution in [1.29, 1.82) is 0 Å². The molecule has 2 heterocycles. The molecular formula is C15H20ClN3O2. The highest BCUT2D eigenvalue weighted by Gasteiger charge is 2.39. The third-order valence-corrected chi connectivity index (χ3v) is 3.89. The van der Waals surface area contributed by atoms with Crippen LogP contribution < -0.4 is 5.32 Å². The fraction of sp³-hybridized carbons (Fsp3) is 0.467. The van der Waals surface area contributed by atoms with Gasteiger partial charge < -0.3 is 14.6 Å². The van der Waals surface area contributed by atoms with Crippen molar-refractivity contribution in [1.82, 2.24) is 15.5 Å². The van der Waals surface area contributed by atoms with Crippen molar-refractivity contribution in [3.8, 4) is 11.4 Å². The first kappa shape index (κ1) is 15.9. The molecule has 0 saturated carbocycles. The molecule has 1 aromatic carbocycles. The predicted octanol–water partition coefficient (Wildman–Crippen LogP) is 2.43. The summed E-state index contributed by atoms with van der Waals surface area (Å²) >= 11 is 0. The summed E-state index contributed by atoms with van der Waals surface area (Å²) in [5, 5.41) is 7.49. The number of hydrogen-bond acceptors (Lipinski definition) is 5. The molecule has 0 unspecified atom stereocenters. The van der Waals surface area contributed by atoms with Gasteiger partial charge in [-0.3, -0.25) is 0 Å². The summed E-state index contributed by atoms with van der Waals surface area (Å²) in [6.45, 7) is 2.52. The van der Waals surface area contributed by atoms with E-state index in [1.54, 1.807) is 7.11 Å². The third-order valence-electron chi connectivity index (χ3n) is 3.89. The number of halogens is 1. The van der Waals surface area contributed by atoms with Crippen molar-refractivity contribution in [3.05, 3.63) is 36.2 Å². The maximum absolute atomic E-state index is 5.55. The second kappa shape index (κ2) is 7.02. The van der Waals surface area contributed by atoms with Gasteiger partial charge in [0.25, 0.3) is 0 Å². The molecular weight excluding hydrogens is 290 g/mol. The summed E-state index contributed by atoms with van der Waals surface area (Å²) in [6.07, 6.45) is 1.91. The second-order valence-corrected chi connectivity index (χ2v) is 5.25. The van der Waals surface area contributed by atoms with E-state index in [0.717, 1.165) is 31.5 Å². The van der Waals surface area contributed by atoms with Crippen LogP contribution >= 0.6 is 12.4 Å². The lowest BCUT2D eigenvalue weighted by molar-refractivity contribution is 0.0850. The lowest BCUT2D eigenvalue weighted by Gasteiger charge is -2.33. The molecule has 1 aliphatic heterocycles. The van der Waals surface area contributed by atoms with Crippen LogP contribution in [0.2, 0.25) is 0 Å². The summed E-state index contributed by atoms with van der Waals surface area (Å²) in [7, 11) is 1.72. The molecule has 0 radical (unpaired) electrons.